The molecule has 3 heteroatoms. The molecule has 22 heavy (non-hydrogen) atoms. The van der Waals surface area contributed by atoms with E-state index < -0.39 is 0 Å². The average Bonchev–Trinajstić information content (AvgIpc) is 2.56. The second-order valence-corrected chi connectivity index (χ2v) is 5.21. The van der Waals surface area contributed by atoms with Gasteiger partial charge in [0.2, 0.25) is 0 Å². The Morgan fingerprint density at radius 2 is 1.55 bits per heavy atom. The number of nitrogens with two attached hydrogens (primary N) is 1. The third kappa shape index (κ3) is 3.04. The van der Waals surface area contributed by atoms with E-state index in [-0.39, 0.29) is 5.84 Å². The van der Waals surface area contributed by atoms with Gasteiger partial charge < -0.3 is 5.73 Å². The Kier molecular flexibility index (Phi) is 3.97. The maximum absolute atomic E-state index is 7.87. The van der Waals surface area contributed by atoms with E-state index in [4.69, 9.17) is 11.1 Å². The lowest BCUT2D eigenvalue weighted by molar-refractivity contribution is -0.688. The van der Waals surface area contributed by atoms with Gasteiger partial charge >= 0.3 is 0 Å². The van der Waals surface area contributed by atoms with Crippen LogP contribution in [0.5, 0.6) is 0 Å². The Bertz CT molecular complexity index is 780. The summed E-state index contributed by atoms with van der Waals surface area (Å²) in [5.41, 5.74) is 9.81. The molecule has 0 radical (unpaired) electrons. The van der Waals surface area contributed by atoms with Crippen LogP contribution >= 0.6 is 0 Å². The molecular weight excluding hydrogens is 270 g/mol. The normalized spacial score (nSPS) is 10.4. The van der Waals surface area contributed by atoms with Crippen LogP contribution in [0, 0.1) is 5.41 Å². The summed E-state index contributed by atoms with van der Waals surface area (Å²) in [6, 6.07) is 22.3. The van der Waals surface area contributed by atoms with Crippen molar-refractivity contribution in [1.82, 2.24) is 0 Å². The monoisotopic (exact) mass is 288 g/mol. The minimum absolute atomic E-state index is 0.0845. The van der Waals surface area contributed by atoms with E-state index in [0.29, 0.717) is 0 Å². The Morgan fingerprint density at radius 1 is 0.909 bits per heavy atom. The third-order valence-corrected chi connectivity index (χ3v) is 3.60. The van der Waals surface area contributed by atoms with Crippen molar-refractivity contribution in [3.63, 3.8) is 0 Å². The van der Waals surface area contributed by atoms with Gasteiger partial charge in [-0.15, -0.1) is 0 Å². The highest BCUT2D eigenvalue weighted by atomic mass is 14.9. The fourth-order valence-corrected chi connectivity index (χ4v) is 2.52. The summed E-state index contributed by atoms with van der Waals surface area (Å²) >= 11 is 0. The molecule has 2 aromatic carbocycles. The van der Waals surface area contributed by atoms with Crippen LogP contribution in [-0.4, -0.2) is 5.84 Å². The number of hydrogen-bond acceptors (Lipinski definition) is 1. The minimum Gasteiger partial charge on any atom is -0.383 e. The van der Waals surface area contributed by atoms with Crippen LogP contribution in [0.3, 0.4) is 0 Å². The molecule has 0 unspecified atom stereocenters. The predicted octanol–water partition coefficient (Wildman–Crippen LogP) is 2.97. The minimum atomic E-state index is 0.0845. The largest absolute Gasteiger partial charge is 0.383 e. The highest BCUT2D eigenvalue weighted by molar-refractivity contribution is 6.00. The number of aromatic nitrogens is 1. The smallest absolute Gasteiger partial charge is 0.180 e. The predicted molar refractivity (Wildman–Crippen MR) is 88.6 cm³/mol. The van der Waals surface area contributed by atoms with E-state index in [1.807, 2.05) is 67.0 Å². The van der Waals surface area contributed by atoms with Crippen molar-refractivity contribution in [3.8, 4) is 11.1 Å². The van der Waals surface area contributed by atoms with E-state index in [1.54, 1.807) is 0 Å². The highest BCUT2D eigenvalue weighted by Gasteiger charge is 2.13. The van der Waals surface area contributed by atoms with E-state index in [9.17, 15) is 0 Å². The van der Waals surface area contributed by atoms with Crippen molar-refractivity contribution in [2.45, 2.75) is 6.54 Å². The van der Waals surface area contributed by atoms with E-state index in [2.05, 4.69) is 16.7 Å². The Morgan fingerprint density at radius 3 is 2.18 bits per heavy atom. The standard InChI is InChI=1S/C19H18N3/c20-19(21)18-14-22(13-15-7-3-1-4-8-15)12-11-17(18)16-9-5-2-6-10-16/h1-12,14H,13H2,(H3,20,21)/q+1. The molecule has 108 valence electrons. The Hall–Kier alpha value is -2.94. The van der Waals surface area contributed by atoms with Crippen molar-refractivity contribution in [1.29, 1.82) is 5.41 Å². The van der Waals surface area contributed by atoms with Crippen LogP contribution in [0.1, 0.15) is 11.1 Å². The van der Waals surface area contributed by atoms with Gasteiger partial charge in [-0.05, 0) is 5.56 Å². The summed E-state index contributed by atoms with van der Waals surface area (Å²) in [5.74, 6) is 0.0845. The Balaban J connectivity index is 1.99. The fourth-order valence-electron chi connectivity index (χ4n) is 2.52. The third-order valence-electron chi connectivity index (χ3n) is 3.60. The second-order valence-electron chi connectivity index (χ2n) is 5.21. The van der Waals surface area contributed by atoms with Crippen molar-refractivity contribution < 1.29 is 4.57 Å². The first-order chi connectivity index (χ1) is 10.7. The topological polar surface area (TPSA) is 53.8 Å². The summed E-state index contributed by atoms with van der Waals surface area (Å²) < 4.78 is 2.05. The molecule has 0 aliphatic rings. The maximum Gasteiger partial charge on any atom is 0.180 e. The van der Waals surface area contributed by atoms with Crippen LogP contribution in [0.2, 0.25) is 0 Å². The fraction of sp³-hybridized carbons (Fsp3) is 0.0526. The van der Waals surface area contributed by atoms with Gasteiger partial charge in [-0.25, -0.2) is 4.57 Å². The molecule has 0 spiro atoms. The van der Waals surface area contributed by atoms with Crippen LogP contribution in [0.15, 0.2) is 79.1 Å². The van der Waals surface area contributed by atoms with E-state index >= 15 is 0 Å². The molecule has 3 rings (SSSR count). The van der Waals surface area contributed by atoms with Crippen LogP contribution < -0.4 is 10.3 Å². The number of rotatable bonds is 4. The van der Waals surface area contributed by atoms with Crippen LogP contribution in [0.4, 0.5) is 0 Å². The summed E-state index contributed by atoms with van der Waals surface area (Å²) in [5, 5.41) is 7.87. The molecule has 0 fully saturated rings. The van der Waals surface area contributed by atoms with E-state index in [1.165, 1.54) is 5.56 Å². The molecule has 0 aliphatic carbocycles. The summed E-state index contributed by atoms with van der Waals surface area (Å²) in [6.45, 7) is 0.760. The second kappa shape index (κ2) is 6.22. The van der Waals surface area contributed by atoms with Crippen molar-refractivity contribution in [2.75, 3.05) is 0 Å². The number of nitrogens with zero attached hydrogens (tertiary/aromatic N) is 1. The lowest BCUT2D eigenvalue weighted by Crippen LogP contribution is -2.35. The highest BCUT2D eigenvalue weighted by Crippen LogP contribution is 2.21. The van der Waals surface area contributed by atoms with E-state index in [0.717, 1.165) is 23.2 Å². The number of hydrogen-bond donors (Lipinski definition) is 2. The van der Waals surface area contributed by atoms with Crippen molar-refractivity contribution in [2.24, 2.45) is 5.73 Å². The quantitative estimate of drug-likeness (QED) is 0.433. The number of pyridine rings is 1. The van der Waals surface area contributed by atoms with Gasteiger partial charge in [0.25, 0.3) is 0 Å². The number of nitrogen functional groups attached to an aromatic ring is 1. The molecule has 3 aromatic rings. The summed E-state index contributed by atoms with van der Waals surface area (Å²) in [7, 11) is 0. The molecule has 1 heterocycles. The molecule has 0 aliphatic heterocycles. The zero-order valence-electron chi connectivity index (χ0n) is 12.2. The van der Waals surface area contributed by atoms with Crippen LogP contribution in [0.25, 0.3) is 11.1 Å². The first kappa shape index (κ1) is 14.0. The average molecular weight is 288 g/mol. The molecule has 0 atom stereocenters. The van der Waals surface area contributed by atoms with Gasteiger partial charge in [0.05, 0.1) is 5.56 Å². The van der Waals surface area contributed by atoms with Gasteiger partial charge in [0, 0.05) is 17.2 Å². The maximum atomic E-state index is 7.87. The lowest BCUT2D eigenvalue weighted by atomic mass is 10.0. The van der Waals surface area contributed by atoms with Gasteiger partial charge in [-0.3, -0.25) is 5.41 Å². The van der Waals surface area contributed by atoms with Crippen molar-refractivity contribution >= 4 is 5.84 Å². The SMILES string of the molecule is N=C(N)c1c[n+](Cc2ccccc2)ccc1-c1ccccc1. The number of amidine groups is 1. The lowest BCUT2D eigenvalue weighted by Gasteiger charge is -2.07. The molecule has 0 bridgehead atoms. The Labute approximate surface area is 130 Å². The molecule has 0 saturated heterocycles. The zero-order chi connectivity index (χ0) is 15.4. The first-order valence-electron chi connectivity index (χ1n) is 7.21. The molecule has 3 nitrogen and oxygen atoms in total. The molecule has 0 amide bonds. The number of nitrogens with one attached hydrogen (secondary N) is 1. The first-order valence-corrected chi connectivity index (χ1v) is 7.21. The molecule has 1 aromatic heterocycles. The summed E-state index contributed by atoms with van der Waals surface area (Å²) in [4.78, 5) is 0. The molecule has 3 N–H and O–H groups in total. The van der Waals surface area contributed by atoms with Crippen LogP contribution in [-0.2, 0) is 6.54 Å². The van der Waals surface area contributed by atoms with Gasteiger partial charge in [-0.2, -0.15) is 0 Å². The van der Waals surface area contributed by atoms with Gasteiger partial charge in [0.1, 0.15) is 5.84 Å². The molecular formula is C19H18N3+. The summed E-state index contributed by atoms with van der Waals surface area (Å²) in [6.07, 6.45) is 3.97. The molecule has 0 saturated carbocycles. The number of benzene rings is 2. The zero-order valence-corrected chi connectivity index (χ0v) is 12.2. The van der Waals surface area contributed by atoms with Gasteiger partial charge in [0.15, 0.2) is 18.9 Å². The van der Waals surface area contributed by atoms with Gasteiger partial charge in [-0.1, -0.05) is 60.7 Å². The van der Waals surface area contributed by atoms with Crippen molar-refractivity contribution in [3.05, 3.63) is 90.3 Å².